The number of ether oxygens (including phenoxy) is 5. The first kappa shape index (κ1) is 41.6. The Hall–Kier alpha value is -5.55. The Labute approximate surface area is 345 Å². The van der Waals surface area contributed by atoms with Crippen molar-refractivity contribution in [2.75, 3.05) is 6.61 Å². The third kappa shape index (κ3) is 12.5. The summed E-state index contributed by atoms with van der Waals surface area (Å²) < 4.78 is 51.7. The molecule has 0 saturated carbocycles. The predicted octanol–water partition coefficient (Wildman–Crippen LogP) is 9.64. The lowest BCUT2D eigenvalue weighted by molar-refractivity contribution is -0.300. The maximum absolute atomic E-state index is 13.9. The van der Waals surface area contributed by atoms with Crippen LogP contribution in [0.25, 0.3) is 0 Å². The van der Waals surface area contributed by atoms with Crippen molar-refractivity contribution >= 4 is 20.5 Å². The molecule has 1 saturated heterocycles. The molecule has 7 rings (SSSR count). The molecule has 0 bridgehead atoms. The molecule has 5 atom stereocenters. The average molecular weight is 813 g/mol. The molecule has 6 aromatic carbocycles. The summed E-state index contributed by atoms with van der Waals surface area (Å²) in [5.74, 6) is -1.20. The predicted molar refractivity (Wildman–Crippen MR) is 222 cm³/mol. The minimum absolute atomic E-state index is 0.128. The van der Waals surface area contributed by atoms with Gasteiger partial charge in [0.25, 0.3) is 0 Å². The van der Waals surface area contributed by atoms with Gasteiger partial charge < -0.3 is 32.7 Å². The normalized spacial score (nSPS) is 18.9. The van der Waals surface area contributed by atoms with Gasteiger partial charge >= 0.3 is 20.5 Å². The summed E-state index contributed by atoms with van der Waals surface area (Å²) in [5.41, 5.74) is 4.25. The second kappa shape index (κ2) is 22.0. The van der Waals surface area contributed by atoms with Crippen molar-refractivity contribution in [3.8, 4) is 0 Å². The lowest BCUT2D eigenvalue weighted by Gasteiger charge is -2.45. The molecule has 1 heterocycles. The molecule has 0 amide bonds. The van der Waals surface area contributed by atoms with Crippen LogP contribution in [-0.2, 0) is 63.7 Å². The quantitative estimate of drug-likeness (QED) is 0.0580. The minimum Gasteiger partial charge on any atom is -0.459 e. The molecule has 10 nitrogen and oxygen atoms in total. The molecular weight excluding hydrogens is 767 g/mol. The van der Waals surface area contributed by atoms with E-state index in [0.717, 1.165) is 22.3 Å². The monoisotopic (exact) mass is 812 g/mol. The molecule has 1 aliphatic rings. The smallest absolute Gasteiger partial charge is 0.338 e. The molecule has 11 heteroatoms. The van der Waals surface area contributed by atoms with Crippen LogP contribution < -0.4 is 0 Å². The second-order valence-electron chi connectivity index (χ2n) is 13.6. The van der Waals surface area contributed by atoms with Crippen molar-refractivity contribution in [3.05, 3.63) is 215 Å². The van der Waals surface area contributed by atoms with Gasteiger partial charge in [0, 0.05) is 0 Å². The van der Waals surface area contributed by atoms with E-state index in [1.54, 1.807) is 48.5 Å². The van der Waals surface area contributed by atoms with Gasteiger partial charge in [-0.25, -0.2) is 9.59 Å². The van der Waals surface area contributed by atoms with Crippen LogP contribution in [0.5, 0.6) is 0 Å². The zero-order valence-electron chi connectivity index (χ0n) is 32.3. The molecule has 1 unspecified atom stereocenters. The van der Waals surface area contributed by atoms with Gasteiger partial charge in [0.2, 0.25) is 0 Å². The fraction of sp³-hybridized carbons (Fsp3) is 0.208. The van der Waals surface area contributed by atoms with E-state index in [2.05, 4.69) is 0 Å². The third-order valence-electron chi connectivity index (χ3n) is 9.35. The lowest BCUT2D eigenvalue weighted by Crippen LogP contribution is -2.62. The van der Waals surface area contributed by atoms with E-state index in [1.165, 1.54) is 0 Å². The summed E-state index contributed by atoms with van der Waals surface area (Å²) >= 11 is 0. The molecule has 6 aromatic rings. The van der Waals surface area contributed by atoms with Crippen LogP contribution in [0.4, 0.5) is 0 Å². The second-order valence-corrected chi connectivity index (χ2v) is 14.8. The van der Waals surface area contributed by atoms with E-state index in [9.17, 15) is 9.59 Å². The van der Waals surface area contributed by atoms with E-state index < -0.39 is 51.2 Å². The third-order valence-corrected chi connectivity index (χ3v) is 10.4. The zero-order valence-corrected chi connectivity index (χ0v) is 33.2. The highest BCUT2D eigenvalue weighted by molar-refractivity contribution is 7.41. The van der Waals surface area contributed by atoms with Crippen LogP contribution in [0.1, 0.15) is 43.0 Å². The van der Waals surface area contributed by atoms with Crippen molar-refractivity contribution in [2.24, 2.45) is 0 Å². The van der Waals surface area contributed by atoms with E-state index in [4.69, 9.17) is 37.3 Å². The molecule has 0 radical (unpaired) electrons. The minimum atomic E-state index is -2.11. The van der Waals surface area contributed by atoms with Crippen LogP contribution in [-0.4, -0.2) is 49.3 Å². The van der Waals surface area contributed by atoms with Gasteiger partial charge in [-0.1, -0.05) is 158 Å². The topological polar surface area (TPSA) is 108 Å². The molecule has 0 aliphatic carbocycles. The molecule has 0 spiro atoms. The van der Waals surface area contributed by atoms with E-state index >= 15 is 0 Å². The first-order valence-corrected chi connectivity index (χ1v) is 20.4. The standard InChI is InChI=1S/C48H45O10P/c49-46(40-27-15-5-16-28-40)53-35-42-43(57-47(50)41-29-17-6-18-30-41)44(51-31-36-19-7-1-8-20-36)45(52-32-37-21-9-2-10-22-37)48(56-42)58-59(54-33-38-23-11-3-12-24-38)55-34-39-25-13-4-14-26-39/h1-30,42-45,48H,31-35H2/t42-,43+,44+,45-,48?/m1/s1. The zero-order chi connectivity index (χ0) is 40.5. The summed E-state index contributed by atoms with van der Waals surface area (Å²) in [6, 6.07) is 55.9. The first-order valence-electron chi connectivity index (χ1n) is 19.3. The van der Waals surface area contributed by atoms with Crippen LogP contribution in [0, 0.1) is 0 Å². The Kier molecular flexibility index (Phi) is 15.5. The summed E-state index contributed by atoms with van der Waals surface area (Å²) in [4.78, 5) is 27.2. The number of esters is 2. The van der Waals surface area contributed by atoms with Gasteiger partial charge in [0.1, 0.15) is 24.9 Å². The van der Waals surface area contributed by atoms with Crippen molar-refractivity contribution < 1.29 is 46.8 Å². The maximum Gasteiger partial charge on any atom is 0.338 e. The van der Waals surface area contributed by atoms with E-state index in [1.807, 2.05) is 133 Å². The Bertz CT molecular complexity index is 2090. The number of hydrogen-bond donors (Lipinski definition) is 0. The number of carbonyl (C=O) groups excluding carboxylic acids is 2. The largest absolute Gasteiger partial charge is 0.459 e. The van der Waals surface area contributed by atoms with E-state index in [0.29, 0.717) is 11.1 Å². The van der Waals surface area contributed by atoms with Gasteiger partial charge in [-0.2, -0.15) is 0 Å². The molecular formula is C48H45O10P. The maximum atomic E-state index is 13.9. The number of carbonyl (C=O) groups is 2. The highest BCUT2D eigenvalue weighted by Gasteiger charge is 2.52. The Morgan fingerprint density at radius 3 is 1.31 bits per heavy atom. The highest BCUT2D eigenvalue weighted by atomic mass is 31.2. The van der Waals surface area contributed by atoms with Crippen LogP contribution in [0.3, 0.4) is 0 Å². The van der Waals surface area contributed by atoms with Crippen molar-refractivity contribution in [3.63, 3.8) is 0 Å². The first-order chi connectivity index (χ1) is 29.1. The van der Waals surface area contributed by atoms with Crippen molar-refractivity contribution in [1.82, 2.24) is 0 Å². The van der Waals surface area contributed by atoms with Gasteiger partial charge in [0.05, 0.1) is 37.6 Å². The van der Waals surface area contributed by atoms with Crippen molar-refractivity contribution in [1.29, 1.82) is 0 Å². The fourth-order valence-electron chi connectivity index (χ4n) is 6.31. The Morgan fingerprint density at radius 2 is 0.847 bits per heavy atom. The van der Waals surface area contributed by atoms with Crippen LogP contribution in [0.2, 0.25) is 0 Å². The number of benzene rings is 6. The summed E-state index contributed by atoms with van der Waals surface area (Å²) in [6.45, 7) is 0.328. The highest BCUT2D eigenvalue weighted by Crippen LogP contribution is 2.46. The number of rotatable bonds is 19. The average Bonchev–Trinajstić information content (AvgIpc) is 3.30. The van der Waals surface area contributed by atoms with Gasteiger partial charge in [-0.15, -0.1) is 0 Å². The molecule has 0 N–H and O–H groups in total. The Morgan fingerprint density at radius 1 is 0.458 bits per heavy atom. The molecule has 1 aliphatic heterocycles. The molecule has 59 heavy (non-hydrogen) atoms. The molecule has 1 fully saturated rings. The molecule has 302 valence electrons. The van der Waals surface area contributed by atoms with Crippen LogP contribution in [0.15, 0.2) is 182 Å². The lowest BCUT2D eigenvalue weighted by atomic mass is 9.98. The summed E-state index contributed by atoms with van der Waals surface area (Å²) in [5, 5.41) is 0. The van der Waals surface area contributed by atoms with E-state index in [-0.39, 0.29) is 33.0 Å². The fourth-order valence-corrected chi connectivity index (χ4v) is 7.35. The number of hydrogen-bond acceptors (Lipinski definition) is 10. The molecule has 0 aromatic heterocycles. The summed E-state index contributed by atoms with van der Waals surface area (Å²) in [6.07, 6.45) is -5.47. The van der Waals surface area contributed by atoms with Crippen molar-refractivity contribution in [2.45, 2.75) is 57.1 Å². The summed E-state index contributed by atoms with van der Waals surface area (Å²) in [7, 11) is -2.11. The SMILES string of the molecule is O=C(OC[C@H]1OC(OP(OCc2ccccc2)OCc2ccccc2)[C@H](OCc2ccccc2)[C@@H](OCc2ccccc2)[C@H]1OC(=O)c1ccccc1)c1ccccc1. The van der Waals surface area contributed by atoms with Gasteiger partial charge in [0.15, 0.2) is 12.4 Å². The van der Waals surface area contributed by atoms with Crippen LogP contribution >= 0.6 is 8.60 Å². The van der Waals surface area contributed by atoms with Gasteiger partial charge in [-0.05, 0) is 46.5 Å². The van der Waals surface area contributed by atoms with Gasteiger partial charge in [-0.3, -0.25) is 4.52 Å². The Balaban J connectivity index is 1.24.